The molecule has 3 unspecified atom stereocenters. The number of unbranched alkanes of at least 4 members (excludes halogenated alkanes) is 3. The quantitative estimate of drug-likeness (QED) is 0.494. The van der Waals surface area contributed by atoms with E-state index in [4.69, 9.17) is 5.11 Å². The van der Waals surface area contributed by atoms with Crippen LogP contribution < -0.4 is 0 Å². The van der Waals surface area contributed by atoms with Crippen LogP contribution in [0, 0.1) is 23.2 Å². The van der Waals surface area contributed by atoms with E-state index in [0.717, 1.165) is 29.6 Å². The molecule has 0 spiro atoms. The van der Waals surface area contributed by atoms with E-state index in [-0.39, 0.29) is 0 Å². The fourth-order valence-electron chi connectivity index (χ4n) is 4.10. The maximum atomic E-state index is 8.70. The van der Waals surface area contributed by atoms with Crippen molar-refractivity contribution in [3.8, 4) is 0 Å². The lowest BCUT2D eigenvalue weighted by atomic mass is 9.90. The fourth-order valence-corrected chi connectivity index (χ4v) is 4.10. The Labute approximate surface area is 113 Å². The van der Waals surface area contributed by atoms with E-state index < -0.39 is 0 Å². The van der Waals surface area contributed by atoms with E-state index >= 15 is 0 Å². The van der Waals surface area contributed by atoms with Gasteiger partial charge in [-0.3, -0.25) is 0 Å². The van der Waals surface area contributed by atoms with Gasteiger partial charge in [0.05, 0.1) is 0 Å². The van der Waals surface area contributed by atoms with Crippen molar-refractivity contribution in [3.63, 3.8) is 0 Å². The molecule has 2 rings (SSSR count). The molecule has 2 saturated carbocycles. The van der Waals surface area contributed by atoms with Crippen LogP contribution in [0.2, 0.25) is 0 Å². The Morgan fingerprint density at radius 3 is 2.67 bits per heavy atom. The lowest BCUT2D eigenvalue weighted by Crippen LogP contribution is -2.07. The lowest BCUT2D eigenvalue weighted by molar-refractivity contribution is 0.283. The molecule has 0 aliphatic heterocycles. The van der Waals surface area contributed by atoms with Gasteiger partial charge in [0.1, 0.15) is 0 Å². The summed E-state index contributed by atoms with van der Waals surface area (Å²) in [5.41, 5.74) is 0.764. The molecule has 1 nitrogen and oxygen atoms in total. The van der Waals surface area contributed by atoms with Crippen molar-refractivity contribution in [2.24, 2.45) is 23.2 Å². The molecule has 2 aliphatic carbocycles. The third-order valence-corrected chi connectivity index (χ3v) is 5.51. The molecule has 0 aromatic heterocycles. The van der Waals surface area contributed by atoms with Crippen molar-refractivity contribution in [1.29, 1.82) is 0 Å². The first-order chi connectivity index (χ1) is 8.70. The van der Waals surface area contributed by atoms with Crippen molar-refractivity contribution in [2.45, 2.75) is 65.2 Å². The Morgan fingerprint density at radius 2 is 2.06 bits per heavy atom. The molecule has 2 aliphatic rings. The van der Waals surface area contributed by atoms with Crippen molar-refractivity contribution in [1.82, 2.24) is 0 Å². The summed E-state index contributed by atoms with van der Waals surface area (Å²) in [7, 11) is 0. The first-order valence-corrected chi connectivity index (χ1v) is 7.96. The van der Waals surface area contributed by atoms with Gasteiger partial charge in [0.15, 0.2) is 0 Å². The van der Waals surface area contributed by atoms with Crippen LogP contribution in [0.15, 0.2) is 12.2 Å². The molecule has 104 valence electrons. The Bertz CT molecular complexity index is 281. The molecule has 3 atom stereocenters. The Morgan fingerprint density at radius 1 is 1.22 bits per heavy atom. The monoisotopic (exact) mass is 250 g/mol. The highest BCUT2D eigenvalue weighted by atomic mass is 16.2. The summed E-state index contributed by atoms with van der Waals surface area (Å²) in [5, 5.41) is 8.70. The summed E-state index contributed by atoms with van der Waals surface area (Å²) in [4.78, 5) is 0. The van der Waals surface area contributed by atoms with Crippen LogP contribution in [-0.2, 0) is 0 Å². The highest BCUT2D eigenvalue weighted by Crippen LogP contribution is 2.70. The smallest absolute Gasteiger partial charge is 0.0431 e. The van der Waals surface area contributed by atoms with Gasteiger partial charge in [-0.15, -0.1) is 0 Å². The molecule has 1 heteroatoms. The maximum absolute atomic E-state index is 8.70. The zero-order chi connectivity index (χ0) is 13.0. The fraction of sp³-hybridized carbons (Fsp3) is 0.882. The zero-order valence-corrected chi connectivity index (χ0v) is 12.2. The number of aliphatic hydroxyl groups excluding tert-OH is 1. The first kappa shape index (κ1) is 14.1. The molecular weight excluding hydrogens is 220 g/mol. The van der Waals surface area contributed by atoms with Crippen LogP contribution in [0.1, 0.15) is 65.2 Å². The number of rotatable bonds is 8. The highest BCUT2D eigenvalue weighted by Gasteiger charge is 2.61. The molecule has 0 heterocycles. The van der Waals surface area contributed by atoms with Gasteiger partial charge in [-0.2, -0.15) is 0 Å². The standard InChI is InChI=1S/C17H30O/c1-14(2)17-11-10-15(16(17)13-17)9-7-5-3-4-6-8-12-18/h5,7,14-16,18H,3-4,6,8-13H2,1-2H3. The van der Waals surface area contributed by atoms with Crippen molar-refractivity contribution >= 4 is 0 Å². The van der Waals surface area contributed by atoms with Crippen LogP contribution in [0.4, 0.5) is 0 Å². The van der Waals surface area contributed by atoms with Crippen molar-refractivity contribution < 1.29 is 5.11 Å². The molecule has 0 bridgehead atoms. The predicted molar refractivity (Wildman–Crippen MR) is 77.4 cm³/mol. The van der Waals surface area contributed by atoms with Gasteiger partial charge in [0.2, 0.25) is 0 Å². The van der Waals surface area contributed by atoms with E-state index in [1.165, 1.54) is 44.9 Å². The summed E-state index contributed by atoms with van der Waals surface area (Å²) in [6, 6.07) is 0. The van der Waals surface area contributed by atoms with Crippen LogP contribution in [-0.4, -0.2) is 11.7 Å². The van der Waals surface area contributed by atoms with E-state index in [0.29, 0.717) is 6.61 Å². The molecule has 1 N–H and O–H groups in total. The Hall–Kier alpha value is -0.300. The predicted octanol–water partition coefficient (Wildman–Crippen LogP) is 4.56. The van der Waals surface area contributed by atoms with Crippen LogP contribution in [0.3, 0.4) is 0 Å². The average molecular weight is 250 g/mol. The van der Waals surface area contributed by atoms with Crippen molar-refractivity contribution in [2.75, 3.05) is 6.61 Å². The Balaban J connectivity index is 1.60. The molecular formula is C17H30O. The van der Waals surface area contributed by atoms with Gasteiger partial charge in [-0.05, 0) is 68.1 Å². The lowest BCUT2D eigenvalue weighted by Gasteiger charge is -2.15. The number of allylic oxidation sites excluding steroid dienone is 2. The largest absolute Gasteiger partial charge is 0.396 e. The molecule has 0 saturated heterocycles. The van der Waals surface area contributed by atoms with Gasteiger partial charge >= 0.3 is 0 Å². The van der Waals surface area contributed by atoms with Gasteiger partial charge in [-0.25, -0.2) is 0 Å². The second-order valence-corrected chi connectivity index (χ2v) is 6.78. The third kappa shape index (κ3) is 2.99. The number of hydrogen-bond donors (Lipinski definition) is 1. The van der Waals surface area contributed by atoms with Gasteiger partial charge in [0.25, 0.3) is 0 Å². The second kappa shape index (κ2) is 6.23. The Kier molecular flexibility index (Phi) is 4.89. The second-order valence-electron chi connectivity index (χ2n) is 6.78. The number of aliphatic hydroxyl groups is 1. The molecule has 18 heavy (non-hydrogen) atoms. The summed E-state index contributed by atoms with van der Waals surface area (Å²) < 4.78 is 0. The first-order valence-electron chi connectivity index (χ1n) is 7.96. The molecule has 0 aromatic carbocycles. The summed E-state index contributed by atoms with van der Waals surface area (Å²) in [5.74, 6) is 2.94. The summed E-state index contributed by atoms with van der Waals surface area (Å²) in [6.45, 7) is 5.18. The van der Waals surface area contributed by atoms with E-state index in [1.807, 2.05) is 0 Å². The van der Waals surface area contributed by atoms with Gasteiger partial charge in [0, 0.05) is 6.61 Å². The highest BCUT2D eigenvalue weighted by molar-refractivity contribution is 5.12. The molecule has 0 aromatic rings. The minimum atomic E-state index is 0.352. The average Bonchev–Trinajstić information content (AvgIpc) is 3.00. The minimum Gasteiger partial charge on any atom is -0.396 e. The topological polar surface area (TPSA) is 20.2 Å². The number of fused-ring (bicyclic) bond motifs is 1. The third-order valence-electron chi connectivity index (χ3n) is 5.51. The van der Waals surface area contributed by atoms with Gasteiger partial charge in [-0.1, -0.05) is 32.4 Å². The van der Waals surface area contributed by atoms with E-state index in [2.05, 4.69) is 26.0 Å². The van der Waals surface area contributed by atoms with Crippen molar-refractivity contribution in [3.05, 3.63) is 12.2 Å². The zero-order valence-electron chi connectivity index (χ0n) is 12.2. The van der Waals surface area contributed by atoms with Gasteiger partial charge < -0.3 is 5.11 Å². The minimum absolute atomic E-state index is 0.352. The van der Waals surface area contributed by atoms with Crippen LogP contribution >= 0.6 is 0 Å². The maximum Gasteiger partial charge on any atom is 0.0431 e. The van der Waals surface area contributed by atoms with Crippen LogP contribution in [0.25, 0.3) is 0 Å². The summed E-state index contributed by atoms with van der Waals surface area (Å²) in [6.07, 6.45) is 15.2. The van der Waals surface area contributed by atoms with E-state index in [9.17, 15) is 0 Å². The van der Waals surface area contributed by atoms with E-state index in [1.54, 1.807) is 0 Å². The van der Waals surface area contributed by atoms with Crippen LogP contribution in [0.5, 0.6) is 0 Å². The molecule has 0 amide bonds. The summed E-state index contributed by atoms with van der Waals surface area (Å²) >= 11 is 0. The molecule has 0 radical (unpaired) electrons. The molecule has 2 fully saturated rings. The normalized spacial score (nSPS) is 34.4. The SMILES string of the molecule is CC(C)C12CCC(CC=CCCCCCO)C1C2. The number of hydrogen-bond acceptors (Lipinski definition) is 1.